The van der Waals surface area contributed by atoms with Gasteiger partial charge in [-0.3, -0.25) is 24.2 Å². The van der Waals surface area contributed by atoms with Gasteiger partial charge in [0.05, 0.1) is 12.8 Å². The maximum atomic E-state index is 13.7. The molecule has 2 aliphatic heterocycles. The van der Waals surface area contributed by atoms with E-state index in [1.165, 1.54) is 4.90 Å². The van der Waals surface area contributed by atoms with Crippen LogP contribution in [0.5, 0.6) is 0 Å². The number of hydrogen-bond acceptors (Lipinski definition) is 5. The molecule has 11 nitrogen and oxygen atoms in total. The van der Waals surface area contributed by atoms with Crippen LogP contribution in [0.3, 0.4) is 0 Å². The van der Waals surface area contributed by atoms with Crippen LogP contribution >= 0.6 is 0 Å². The van der Waals surface area contributed by atoms with Gasteiger partial charge >= 0.3 is 6.18 Å². The Bertz CT molecular complexity index is 1400. The molecule has 2 saturated heterocycles. The molecule has 254 valence electrons. The number of benzene rings is 2. The lowest BCUT2D eigenvalue weighted by Crippen LogP contribution is -2.60. The van der Waals surface area contributed by atoms with E-state index >= 15 is 0 Å². The summed E-state index contributed by atoms with van der Waals surface area (Å²) < 4.78 is 40.5. The summed E-state index contributed by atoms with van der Waals surface area (Å²) in [6.45, 7) is 0.137. The van der Waals surface area contributed by atoms with E-state index in [0.717, 1.165) is 5.56 Å². The predicted molar refractivity (Wildman–Crippen MR) is 170 cm³/mol. The number of rotatable bonds is 14. The van der Waals surface area contributed by atoms with Crippen LogP contribution in [0.25, 0.3) is 0 Å². The van der Waals surface area contributed by atoms with Crippen LogP contribution in [-0.4, -0.2) is 77.4 Å². The van der Waals surface area contributed by atoms with E-state index in [9.17, 15) is 32.3 Å². The first kappa shape index (κ1) is 35.2. The molecule has 0 bridgehead atoms. The van der Waals surface area contributed by atoms with Crippen LogP contribution in [0.4, 0.5) is 13.2 Å². The Labute approximate surface area is 271 Å². The average molecular weight is 658 g/mol. The van der Waals surface area contributed by atoms with Crippen LogP contribution in [-0.2, 0) is 32.0 Å². The van der Waals surface area contributed by atoms with Crippen LogP contribution in [0, 0.1) is 0 Å². The number of alkyl halides is 3. The molecule has 47 heavy (non-hydrogen) atoms. The fraction of sp³-hybridized carbons (Fsp3) is 0.485. The van der Waals surface area contributed by atoms with E-state index in [4.69, 9.17) is 11.5 Å². The topological polar surface area (TPSA) is 172 Å². The zero-order chi connectivity index (χ0) is 34.0. The molecule has 0 saturated carbocycles. The quantitative estimate of drug-likeness (QED) is 0.118. The van der Waals surface area contributed by atoms with Crippen molar-refractivity contribution in [2.75, 3.05) is 6.54 Å². The summed E-state index contributed by atoms with van der Waals surface area (Å²) in [4.78, 5) is 58.8. The Morgan fingerprint density at radius 3 is 2.19 bits per heavy atom. The van der Waals surface area contributed by atoms with Gasteiger partial charge in [-0.05, 0) is 56.1 Å². The summed E-state index contributed by atoms with van der Waals surface area (Å²) in [7, 11) is 0. The summed E-state index contributed by atoms with van der Waals surface area (Å²) in [6.07, 6.45) is -3.52. The summed E-state index contributed by atoms with van der Waals surface area (Å²) >= 11 is 0. The number of hydrogen-bond donors (Lipinski definition) is 5. The van der Waals surface area contributed by atoms with Crippen molar-refractivity contribution in [1.29, 1.82) is 0 Å². The van der Waals surface area contributed by atoms with Crippen molar-refractivity contribution in [3.63, 3.8) is 0 Å². The van der Waals surface area contributed by atoms with Gasteiger partial charge in [0.1, 0.15) is 18.1 Å². The van der Waals surface area contributed by atoms with Crippen molar-refractivity contribution in [3.05, 3.63) is 71.8 Å². The molecular formula is C33H42F3N7O4. The fourth-order valence-corrected chi connectivity index (χ4v) is 6.27. The number of carbonyl (C=O) groups is 4. The second-order valence-corrected chi connectivity index (χ2v) is 12.1. The van der Waals surface area contributed by atoms with Crippen molar-refractivity contribution in [2.24, 2.45) is 16.5 Å². The molecule has 0 spiro atoms. The molecule has 2 aromatic rings. The van der Waals surface area contributed by atoms with E-state index in [0.29, 0.717) is 31.2 Å². The lowest BCUT2D eigenvalue weighted by molar-refractivity contribution is -0.147. The number of aliphatic imine (C=N–C) groups is 1. The minimum absolute atomic E-state index is 0.0424. The SMILES string of the molecule is NC(N)=NCCC[C@H](NC(=O)C1CC[C@@H]2CC[C@H](NC(=O)Cc3ccccc3)C(=O)N12)C(=O)N[C@@H](Cc1ccccc1)CC(F)(F)F. The largest absolute Gasteiger partial charge is 0.391 e. The van der Waals surface area contributed by atoms with E-state index in [1.807, 2.05) is 30.3 Å². The maximum Gasteiger partial charge on any atom is 0.391 e. The fourth-order valence-electron chi connectivity index (χ4n) is 6.27. The number of carbonyl (C=O) groups excluding carboxylic acids is 4. The first-order chi connectivity index (χ1) is 22.4. The van der Waals surface area contributed by atoms with Crippen molar-refractivity contribution in [2.45, 2.75) is 94.2 Å². The molecule has 4 amide bonds. The minimum atomic E-state index is -4.54. The predicted octanol–water partition coefficient (Wildman–Crippen LogP) is 2.09. The van der Waals surface area contributed by atoms with Crippen molar-refractivity contribution in [1.82, 2.24) is 20.9 Å². The van der Waals surface area contributed by atoms with E-state index in [-0.39, 0.29) is 56.0 Å². The lowest BCUT2D eigenvalue weighted by atomic mass is 9.97. The second kappa shape index (κ2) is 16.3. The van der Waals surface area contributed by atoms with Gasteiger partial charge in [0, 0.05) is 18.6 Å². The molecule has 0 radical (unpaired) electrons. The first-order valence-corrected chi connectivity index (χ1v) is 15.8. The number of nitrogens with one attached hydrogen (secondary N) is 3. The molecule has 2 aliphatic rings. The van der Waals surface area contributed by atoms with Crippen molar-refractivity contribution < 1.29 is 32.3 Å². The molecular weight excluding hydrogens is 615 g/mol. The van der Waals surface area contributed by atoms with Gasteiger partial charge in [-0.15, -0.1) is 0 Å². The number of piperidine rings is 1. The number of amides is 4. The summed E-state index contributed by atoms with van der Waals surface area (Å²) in [5, 5.41) is 7.99. The summed E-state index contributed by atoms with van der Waals surface area (Å²) in [5.41, 5.74) is 12.2. The van der Waals surface area contributed by atoms with Crippen LogP contribution < -0.4 is 27.4 Å². The Morgan fingerprint density at radius 1 is 0.915 bits per heavy atom. The van der Waals surface area contributed by atoms with Gasteiger partial charge in [0.2, 0.25) is 23.6 Å². The summed E-state index contributed by atoms with van der Waals surface area (Å²) in [5.74, 6) is -2.21. The molecule has 5 atom stereocenters. The molecule has 0 aromatic heterocycles. The van der Waals surface area contributed by atoms with Crippen molar-refractivity contribution in [3.8, 4) is 0 Å². The third kappa shape index (κ3) is 10.7. The van der Waals surface area contributed by atoms with Crippen LogP contribution in [0.2, 0.25) is 0 Å². The van der Waals surface area contributed by atoms with Gasteiger partial charge in [0.15, 0.2) is 5.96 Å². The Balaban J connectivity index is 1.44. The van der Waals surface area contributed by atoms with Gasteiger partial charge < -0.3 is 32.3 Å². The highest BCUT2D eigenvalue weighted by Crippen LogP contribution is 2.33. The van der Waals surface area contributed by atoms with Gasteiger partial charge in [0.25, 0.3) is 0 Å². The smallest absolute Gasteiger partial charge is 0.370 e. The minimum Gasteiger partial charge on any atom is -0.370 e. The number of fused-ring (bicyclic) bond motifs is 1. The molecule has 2 heterocycles. The highest BCUT2D eigenvalue weighted by Gasteiger charge is 2.47. The Hall–Kier alpha value is -4.62. The number of halogens is 3. The molecule has 2 aromatic carbocycles. The zero-order valence-electron chi connectivity index (χ0n) is 26.0. The Kier molecular flexibility index (Phi) is 12.2. The number of guanidine groups is 1. The average Bonchev–Trinajstić information content (AvgIpc) is 3.45. The highest BCUT2D eigenvalue weighted by molar-refractivity contribution is 5.95. The van der Waals surface area contributed by atoms with Crippen LogP contribution in [0.1, 0.15) is 56.1 Å². The third-order valence-corrected chi connectivity index (χ3v) is 8.42. The summed E-state index contributed by atoms with van der Waals surface area (Å²) in [6, 6.07) is 13.2. The van der Waals surface area contributed by atoms with E-state index in [2.05, 4.69) is 20.9 Å². The second-order valence-electron chi connectivity index (χ2n) is 12.1. The lowest BCUT2D eigenvalue weighted by Gasteiger charge is -2.38. The molecule has 1 unspecified atom stereocenters. The van der Waals surface area contributed by atoms with Gasteiger partial charge in [-0.1, -0.05) is 60.7 Å². The standard InChI is InChI=1S/C33H42F3N7O4/c34-33(35,36)20-23(18-21-8-3-1-4-9-21)40-29(45)25(12-7-17-39-32(37)38)42-30(46)27-16-14-24-13-15-26(31(47)43(24)27)41-28(44)19-22-10-5-2-6-11-22/h1-6,8-11,23-27H,7,12-20H2,(H,40,45)(H,41,44)(H,42,46)(H4,37,38,39)/t23-,24-,25-,26-,27?/m0/s1. The molecule has 0 aliphatic carbocycles. The monoisotopic (exact) mass is 657 g/mol. The zero-order valence-corrected chi connectivity index (χ0v) is 26.0. The molecule has 7 N–H and O–H groups in total. The number of nitrogens with two attached hydrogens (primary N) is 2. The maximum absolute atomic E-state index is 13.7. The number of nitrogens with zero attached hydrogens (tertiary/aromatic N) is 2. The normalized spacial score (nSPS) is 20.4. The van der Waals surface area contributed by atoms with Crippen LogP contribution in [0.15, 0.2) is 65.7 Å². The van der Waals surface area contributed by atoms with Crippen molar-refractivity contribution >= 4 is 29.6 Å². The first-order valence-electron chi connectivity index (χ1n) is 15.8. The highest BCUT2D eigenvalue weighted by atomic mass is 19.4. The molecule has 14 heteroatoms. The van der Waals surface area contributed by atoms with E-state index < -0.39 is 48.6 Å². The third-order valence-electron chi connectivity index (χ3n) is 8.42. The van der Waals surface area contributed by atoms with Gasteiger partial charge in [-0.2, -0.15) is 13.2 Å². The Morgan fingerprint density at radius 2 is 1.55 bits per heavy atom. The van der Waals surface area contributed by atoms with Gasteiger partial charge in [-0.25, -0.2) is 0 Å². The molecule has 2 fully saturated rings. The van der Waals surface area contributed by atoms with E-state index in [1.54, 1.807) is 30.3 Å². The molecule has 4 rings (SSSR count).